The Morgan fingerprint density at radius 1 is 1.23 bits per heavy atom. The number of hydrogen-bond acceptors (Lipinski definition) is 4. The van der Waals surface area contributed by atoms with Gasteiger partial charge in [0.05, 0.1) is 6.42 Å². The normalized spacial score (nSPS) is 19.6. The highest BCUT2D eigenvalue weighted by molar-refractivity contribution is 6.09. The Balaban J connectivity index is 1.94. The van der Waals surface area contributed by atoms with E-state index in [0.717, 1.165) is 5.56 Å². The van der Waals surface area contributed by atoms with E-state index in [2.05, 4.69) is 5.32 Å². The number of rotatable bonds is 3. The number of amides is 1. The molecule has 0 unspecified atom stereocenters. The fraction of sp³-hybridized carbons (Fsp3) is 0.176. The summed E-state index contributed by atoms with van der Waals surface area (Å²) in [6.45, 7) is 1.87. The number of benzene rings is 2. The van der Waals surface area contributed by atoms with Gasteiger partial charge in [0.2, 0.25) is 0 Å². The van der Waals surface area contributed by atoms with Crippen molar-refractivity contribution in [3.8, 4) is 0 Å². The molecule has 0 saturated heterocycles. The van der Waals surface area contributed by atoms with E-state index in [1.54, 1.807) is 36.4 Å². The first-order chi connectivity index (χ1) is 10.4. The Labute approximate surface area is 127 Å². The molecule has 22 heavy (non-hydrogen) atoms. The molecule has 2 aromatic carbocycles. The number of fused-ring (bicyclic) bond motifs is 1. The van der Waals surface area contributed by atoms with Gasteiger partial charge in [0, 0.05) is 22.5 Å². The molecule has 1 atom stereocenters. The Morgan fingerprint density at radius 3 is 2.59 bits per heavy atom. The van der Waals surface area contributed by atoms with Crippen molar-refractivity contribution in [3.05, 3.63) is 59.2 Å². The van der Waals surface area contributed by atoms with Gasteiger partial charge in [-0.05, 0) is 37.3 Å². The summed E-state index contributed by atoms with van der Waals surface area (Å²) < 4.78 is 0. The molecule has 0 fully saturated rings. The van der Waals surface area contributed by atoms with E-state index in [-0.39, 0.29) is 12.2 Å². The van der Waals surface area contributed by atoms with Crippen LogP contribution >= 0.6 is 0 Å². The molecule has 1 heterocycles. The Kier molecular flexibility index (Phi) is 3.22. The molecule has 112 valence electrons. The van der Waals surface area contributed by atoms with Crippen LogP contribution in [0.15, 0.2) is 42.5 Å². The average Bonchev–Trinajstić information content (AvgIpc) is 2.71. The van der Waals surface area contributed by atoms with Crippen molar-refractivity contribution in [2.75, 3.05) is 11.1 Å². The SMILES string of the molecule is Cc1ccc2c(c1)[C@](O)(CC(=O)c1ccc(N)cc1)C(=O)N2. The minimum atomic E-state index is -1.83. The number of Topliss-reactive ketones (excluding diaryl/α,β-unsaturated/α-hetero) is 1. The lowest BCUT2D eigenvalue weighted by Crippen LogP contribution is -2.36. The van der Waals surface area contributed by atoms with Crippen molar-refractivity contribution < 1.29 is 14.7 Å². The van der Waals surface area contributed by atoms with Crippen molar-refractivity contribution in [3.63, 3.8) is 0 Å². The van der Waals surface area contributed by atoms with Gasteiger partial charge >= 0.3 is 0 Å². The number of hydrogen-bond donors (Lipinski definition) is 3. The lowest BCUT2D eigenvalue weighted by Gasteiger charge is -2.20. The first kappa shape index (κ1) is 14.3. The van der Waals surface area contributed by atoms with Gasteiger partial charge in [-0.1, -0.05) is 17.7 Å². The maximum absolute atomic E-state index is 12.4. The quantitative estimate of drug-likeness (QED) is 0.596. The highest BCUT2D eigenvalue weighted by Gasteiger charge is 2.46. The van der Waals surface area contributed by atoms with Crippen LogP contribution in [0.4, 0.5) is 11.4 Å². The van der Waals surface area contributed by atoms with Crippen molar-refractivity contribution >= 4 is 23.1 Å². The maximum atomic E-state index is 12.4. The number of carbonyl (C=O) groups excluding carboxylic acids is 2. The zero-order chi connectivity index (χ0) is 15.9. The van der Waals surface area contributed by atoms with Crippen LogP contribution in [0, 0.1) is 6.92 Å². The second-order valence-electron chi connectivity index (χ2n) is 5.59. The molecule has 0 spiro atoms. The maximum Gasteiger partial charge on any atom is 0.261 e. The molecule has 1 aliphatic rings. The summed E-state index contributed by atoms with van der Waals surface area (Å²) in [5.74, 6) is -0.885. The topological polar surface area (TPSA) is 92.4 Å². The smallest absolute Gasteiger partial charge is 0.261 e. The molecule has 4 N–H and O–H groups in total. The van der Waals surface area contributed by atoms with E-state index in [0.29, 0.717) is 22.5 Å². The number of nitrogen functional groups attached to an aromatic ring is 1. The van der Waals surface area contributed by atoms with Gasteiger partial charge in [0.1, 0.15) is 0 Å². The first-order valence-electron chi connectivity index (χ1n) is 6.94. The van der Waals surface area contributed by atoms with Crippen molar-refractivity contribution in [2.45, 2.75) is 18.9 Å². The van der Waals surface area contributed by atoms with Crippen LogP contribution in [-0.2, 0) is 10.4 Å². The predicted octanol–water partition coefficient (Wildman–Crippen LogP) is 1.99. The Bertz CT molecular complexity index is 768. The number of nitrogens with two attached hydrogens (primary N) is 1. The molecule has 2 aromatic rings. The second kappa shape index (κ2) is 4.96. The van der Waals surface area contributed by atoms with Crippen LogP contribution in [-0.4, -0.2) is 16.8 Å². The standard InChI is InChI=1S/C17H16N2O3/c1-10-2-7-14-13(8-10)17(22,16(21)19-14)9-15(20)11-3-5-12(18)6-4-11/h2-8,22H,9,18H2,1H3,(H,19,21)/t17-/m1/s1. The summed E-state index contributed by atoms with van der Waals surface area (Å²) >= 11 is 0. The van der Waals surface area contributed by atoms with Gasteiger partial charge in [0.25, 0.3) is 5.91 Å². The third-order valence-electron chi connectivity index (χ3n) is 3.89. The number of anilines is 2. The third kappa shape index (κ3) is 2.25. The van der Waals surface area contributed by atoms with Gasteiger partial charge in [-0.2, -0.15) is 0 Å². The fourth-order valence-corrected chi connectivity index (χ4v) is 2.64. The lowest BCUT2D eigenvalue weighted by molar-refractivity contribution is -0.133. The molecule has 0 aromatic heterocycles. The Morgan fingerprint density at radius 2 is 1.91 bits per heavy atom. The Hall–Kier alpha value is -2.66. The number of aliphatic hydroxyl groups is 1. The summed E-state index contributed by atoms with van der Waals surface area (Å²) in [5.41, 5.74) is 6.63. The van der Waals surface area contributed by atoms with E-state index in [1.165, 1.54) is 0 Å². The van der Waals surface area contributed by atoms with Crippen molar-refractivity contribution in [2.24, 2.45) is 0 Å². The molecule has 1 aliphatic heterocycles. The number of ketones is 1. The van der Waals surface area contributed by atoms with Gasteiger partial charge in [0.15, 0.2) is 11.4 Å². The number of carbonyl (C=O) groups is 2. The summed E-state index contributed by atoms with van der Waals surface area (Å²) in [4.78, 5) is 24.5. The van der Waals surface area contributed by atoms with E-state index < -0.39 is 11.5 Å². The predicted molar refractivity (Wildman–Crippen MR) is 83.5 cm³/mol. The molecule has 0 saturated carbocycles. The molecule has 0 aliphatic carbocycles. The van der Waals surface area contributed by atoms with Crippen LogP contribution in [0.1, 0.15) is 27.9 Å². The molecule has 5 nitrogen and oxygen atoms in total. The molecule has 0 bridgehead atoms. The molecule has 0 radical (unpaired) electrons. The largest absolute Gasteiger partial charge is 0.399 e. The van der Waals surface area contributed by atoms with Crippen molar-refractivity contribution in [1.82, 2.24) is 0 Å². The van der Waals surface area contributed by atoms with Crippen LogP contribution in [0.5, 0.6) is 0 Å². The van der Waals surface area contributed by atoms with Gasteiger partial charge in [-0.3, -0.25) is 9.59 Å². The monoisotopic (exact) mass is 296 g/mol. The summed E-state index contributed by atoms with van der Waals surface area (Å²) in [6.07, 6.45) is -0.306. The highest BCUT2D eigenvalue weighted by atomic mass is 16.3. The van der Waals surface area contributed by atoms with E-state index in [4.69, 9.17) is 5.73 Å². The average molecular weight is 296 g/mol. The fourth-order valence-electron chi connectivity index (χ4n) is 2.64. The van der Waals surface area contributed by atoms with Crippen molar-refractivity contribution in [1.29, 1.82) is 0 Å². The summed E-state index contributed by atoms with van der Waals surface area (Å²) in [5, 5.41) is 13.4. The van der Waals surface area contributed by atoms with E-state index in [9.17, 15) is 14.7 Å². The third-order valence-corrected chi connectivity index (χ3v) is 3.89. The van der Waals surface area contributed by atoms with Gasteiger partial charge in [-0.25, -0.2) is 0 Å². The lowest BCUT2D eigenvalue weighted by atomic mass is 9.87. The molecule has 1 amide bonds. The van der Waals surface area contributed by atoms with Crippen LogP contribution in [0.2, 0.25) is 0 Å². The molecule has 5 heteroatoms. The number of nitrogens with one attached hydrogen (secondary N) is 1. The first-order valence-corrected chi connectivity index (χ1v) is 6.94. The second-order valence-corrected chi connectivity index (χ2v) is 5.59. The number of aryl methyl sites for hydroxylation is 1. The molecular weight excluding hydrogens is 280 g/mol. The molecular formula is C17H16N2O3. The van der Waals surface area contributed by atoms with Crippen LogP contribution in [0.3, 0.4) is 0 Å². The molecule has 3 rings (SSSR count). The summed E-state index contributed by atoms with van der Waals surface area (Å²) in [6, 6.07) is 11.7. The highest BCUT2D eigenvalue weighted by Crippen LogP contribution is 2.39. The van der Waals surface area contributed by atoms with Gasteiger partial charge < -0.3 is 16.2 Å². The van der Waals surface area contributed by atoms with Crippen LogP contribution in [0.25, 0.3) is 0 Å². The van der Waals surface area contributed by atoms with E-state index in [1.807, 2.05) is 13.0 Å². The minimum absolute atomic E-state index is 0.306. The van der Waals surface area contributed by atoms with Gasteiger partial charge in [-0.15, -0.1) is 0 Å². The minimum Gasteiger partial charge on any atom is -0.399 e. The summed E-state index contributed by atoms with van der Waals surface area (Å²) in [7, 11) is 0. The van der Waals surface area contributed by atoms with E-state index >= 15 is 0 Å². The zero-order valence-electron chi connectivity index (χ0n) is 12.1. The van der Waals surface area contributed by atoms with Crippen LogP contribution < -0.4 is 11.1 Å². The zero-order valence-corrected chi connectivity index (χ0v) is 12.1.